The number of benzene rings is 1. The molecule has 1 aromatic carbocycles. The van der Waals surface area contributed by atoms with Crippen molar-refractivity contribution in [3.63, 3.8) is 0 Å². The molecule has 31 heavy (non-hydrogen) atoms. The molecule has 1 fully saturated rings. The molecule has 0 aliphatic carbocycles. The number of carbonyl (C=O) groups excluding carboxylic acids is 2. The number of fused-ring (bicyclic) bond motifs is 1. The average molecular weight is 458 g/mol. The standard InChI is InChI=1S/C20H20ClN7O2S/c21-14-3-1-2-12-13(14)11-28(19(12)30)20-26-25-18(31-20)17(29)24-15-10-23-5-4-16(15)27-8-6-22-7-9-27/h1-5,10,20,22,26H,6-9,11H2,(H,24,29). The van der Waals surface area contributed by atoms with Crippen molar-refractivity contribution in [2.75, 3.05) is 36.4 Å². The van der Waals surface area contributed by atoms with E-state index in [1.165, 1.54) is 11.8 Å². The number of hydrazone groups is 1. The summed E-state index contributed by atoms with van der Waals surface area (Å²) in [5, 5.41) is 11.2. The van der Waals surface area contributed by atoms with Crippen LogP contribution >= 0.6 is 23.4 Å². The second-order valence-electron chi connectivity index (χ2n) is 7.30. The number of amides is 2. The summed E-state index contributed by atoms with van der Waals surface area (Å²) in [6.07, 6.45) is 3.36. The molecule has 1 atom stereocenters. The van der Waals surface area contributed by atoms with Crippen LogP contribution in [0.25, 0.3) is 0 Å². The molecule has 0 bridgehead atoms. The van der Waals surface area contributed by atoms with Crippen molar-refractivity contribution < 1.29 is 9.59 Å². The molecule has 0 radical (unpaired) electrons. The molecule has 3 N–H and O–H groups in total. The summed E-state index contributed by atoms with van der Waals surface area (Å²) in [6, 6.07) is 7.19. The molecule has 4 heterocycles. The predicted molar refractivity (Wildman–Crippen MR) is 121 cm³/mol. The number of pyridine rings is 1. The number of nitrogens with one attached hydrogen (secondary N) is 3. The van der Waals surface area contributed by atoms with Gasteiger partial charge in [-0.05, 0) is 18.2 Å². The minimum absolute atomic E-state index is 0.132. The maximum absolute atomic E-state index is 12.9. The lowest BCUT2D eigenvalue weighted by molar-refractivity contribution is -0.110. The van der Waals surface area contributed by atoms with Crippen molar-refractivity contribution in [3.8, 4) is 0 Å². The van der Waals surface area contributed by atoms with E-state index >= 15 is 0 Å². The van der Waals surface area contributed by atoms with E-state index in [-0.39, 0.29) is 16.9 Å². The van der Waals surface area contributed by atoms with Gasteiger partial charge in [0.1, 0.15) is 0 Å². The number of rotatable bonds is 4. The van der Waals surface area contributed by atoms with Gasteiger partial charge in [-0.25, -0.2) is 0 Å². The zero-order valence-electron chi connectivity index (χ0n) is 16.5. The number of hydrogen-bond donors (Lipinski definition) is 3. The van der Waals surface area contributed by atoms with Crippen LogP contribution in [0.15, 0.2) is 41.8 Å². The first kappa shape index (κ1) is 20.1. The quantitative estimate of drug-likeness (QED) is 0.641. The molecule has 9 nitrogen and oxygen atoms in total. The molecule has 2 aromatic rings. The molecule has 3 aliphatic rings. The van der Waals surface area contributed by atoms with E-state index in [4.69, 9.17) is 11.6 Å². The molecule has 2 amide bonds. The largest absolute Gasteiger partial charge is 0.367 e. The van der Waals surface area contributed by atoms with Gasteiger partial charge in [-0.3, -0.25) is 20.0 Å². The second-order valence-corrected chi connectivity index (χ2v) is 8.78. The van der Waals surface area contributed by atoms with Gasteiger partial charge < -0.3 is 20.4 Å². The molecule has 0 saturated carbocycles. The lowest BCUT2D eigenvalue weighted by atomic mass is 10.1. The van der Waals surface area contributed by atoms with Gasteiger partial charge in [0, 0.05) is 48.5 Å². The molecular formula is C20H20ClN7O2S. The lowest BCUT2D eigenvalue weighted by Gasteiger charge is -2.30. The summed E-state index contributed by atoms with van der Waals surface area (Å²) in [6.45, 7) is 3.86. The highest BCUT2D eigenvalue weighted by molar-refractivity contribution is 8.16. The fourth-order valence-electron chi connectivity index (χ4n) is 3.86. The topological polar surface area (TPSA) is 102 Å². The van der Waals surface area contributed by atoms with Gasteiger partial charge in [-0.2, -0.15) is 5.10 Å². The smallest absolute Gasteiger partial charge is 0.282 e. The van der Waals surface area contributed by atoms with Gasteiger partial charge in [0.2, 0.25) is 0 Å². The van der Waals surface area contributed by atoms with Gasteiger partial charge in [-0.1, -0.05) is 29.4 Å². The van der Waals surface area contributed by atoms with Gasteiger partial charge in [0.15, 0.2) is 10.5 Å². The van der Waals surface area contributed by atoms with Crippen LogP contribution < -0.4 is 21.0 Å². The summed E-state index contributed by atoms with van der Waals surface area (Å²) in [7, 11) is 0. The van der Waals surface area contributed by atoms with Gasteiger partial charge in [-0.15, -0.1) is 0 Å². The first-order valence-electron chi connectivity index (χ1n) is 9.91. The highest BCUT2D eigenvalue weighted by atomic mass is 35.5. The van der Waals surface area contributed by atoms with E-state index in [1.54, 1.807) is 35.5 Å². The maximum atomic E-state index is 12.9. The van der Waals surface area contributed by atoms with Crippen LogP contribution in [0.3, 0.4) is 0 Å². The Bertz CT molecular complexity index is 1070. The molecule has 1 unspecified atom stereocenters. The van der Waals surface area contributed by atoms with E-state index in [9.17, 15) is 9.59 Å². The fourth-order valence-corrected chi connectivity index (χ4v) is 4.97. The molecule has 0 spiro atoms. The predicted octanol–water partition coefficient (Wildman–Crippen LogP) is 1.67. The number of hydrogen-bond acceptors (Lipinski definition) is 8. The SMILES string of the molecule is O=C(Nc1cnccc1N1CCNCC1)C1=NNC(N2Cc3c(Cl)cccc3C2=O)S1. The molecule has 11 heteroatoms. The highest BCUT2D eigenvalue weighted by Crippen LogP contribution is 2.34. The van der Waals surface area contributed by atoms with Crippen LogP contribution in [0.5, 0.6) is 0 Å². The van der Waals surface area contributed by atoms with Crippen LogP contribution in [0.2, 0.25) is 5.02 Å². The Hall–Kier alpha value is -2.82. The number of thioether (sulfide) groups is 1. The number of carbonyl (C=O) groups is 2. The fraction of sp³-hybridized carbons (Fsp3) is 0.300. The van der Waals surface area contributed by atoms with Crippen molar-refractivity contribution >= 4 is 51.6 Å². The Balaban J connectivity index is 1.26. The summed E-state index contributed by atoms with van der Waals surface area (Å²) in [5.74, 6) is -0.473. The zero-order chi connectivity index (χ0) is 21.4. The molecular weight excluding hydrogens is 438 g/mol. The van der Waals surface area contributed by atoms with Gasteiger partial charge in [0.25, 0.3) is 11.8 Å². The van der Waals surface area contributed by atoms with E-state index < -0.39 is 5.50 Å². The maximum Gasteiger partial charge on any atom is 0.282 e. The minimum Gasteiger partial charge on any atom is -0.367 e. The Morgan fingerprint density at radius 2 is 2.10 bits per heavy atom. The van der Waals surface area contributed by atoms with E-state index in [2.05, 4.69) is 31.0 Å². The third-order valence-corrected chi connectivity index (χ3v) is 6.86. The lowest BCUT2D eigenvalue weighted by Crippen LogP contribution is -2.43. The summed E-state index contributed by atoms with van der Waals surface area (Å²) < 4.78 is 0. The van der Waals surface area contributed by atoms with Crippen LogP contribution in [0.1, 0.15) is 15.9 Å². The first-order valence-corrected chi connectivity index (χ1v) is 11.2. The first-order chi connectivity index (χ1) is 15.1. The Morgan fingerprint density at radius 3 is 2.90 bits per heavy atom. The van der Waals surface area contributed by atoms with Crippen molar-refractivity contribution in [2.24, 2.45) is 5.10 Å². The average Bonchev–Trinajstić information content (AvgIpc) is 3.41. The summed E-state index contributed by atoms with van der Waals surface area (Å²) >= 11 is 7.44. The van der Waals surface area contributed by atoms with Gasteiger partial charge >= 0.3 is 0 Å². The molecule has 1 saturated heterocycles. The van der Waals surface area contributed by atoms with E-state index in [0.717, 1.165) is 37.4 Å². The van der Waals surface area contributed by atoms with Crippen molar-refractivity contribution in [2.45, 2.75) is 12.0 Å². The number of piperazine rings is 1. The second kappa shape index (κ2) is 8.37. The number of aromatic nitrogens is 1. The van der Waals surface area contributed by atoms with Crippen LogP contribution in [-0.2, 0) is 11.3 Å². The van der Waals surface area contributed by atoms with Crippen LogP contribution in [0.4, 0.5) is 11.4 Å². The minimum atomic E-state index is -0.474. The number of anilines is 2. The molecule has 160 valence electrons. The number of halogens is 1. The Morgan fingerprint density at radius 1 is 1.26 bits per heavy atom. The molecule has 5 rings (SSSR count). The molecule has 1 aromatic heterocycles. The third-order valence-electron chi connectivity index (χ3n) is 5.42. The Kier molecular flexibility index (Phi) is 5.43. The van der Waals surface area contributed by atoms with Crippen molar-refractivity contribution in [3.05, 3.63) is 52.8 Å². The normalized spacial score (nSPS) is 20.4. The number of nitrogens with zero attached hydrogens (tertiary/aromatic N) is 4. The van der Waals surface area contributed by atoms with Crippen LogP contribution in [0, 0.1) is 0 Å². The van der Waals surface area contributed by atoms with E-state index in [1.807, 2.05) is 6.07 Å². The summed E-state index contributed by atoms with van der Waals surface area (Å²) in [5.41, 5.74) is 5.37. The summed E-state index contributed by atoms with van der Waals surface area (Å²) in [4.78, 5) is 33.6. The van der Waals surface area contributed by atoms with Crippen molar-refractivity contribution in [1.29, 1.82) is 0 Å². The molecule has 3 aliphatic heterocycles. The zero-order valence-corrected chi connectivity index (χ0v) is 18.0. The highest BCUT2D eigenvalue weighted by Gasteiger charge is 2.38. The van der Waals surface area contributed by atoms with Crippen molar-refractivity contribution in [1.82, 2.24) is 20.6 Å². The van der Waals surface area contributed by atoms with E-state index in [0.29, 0.717) is 22.8 Å². The third kappa shape index (κ3) is 3.82. The van der Waals surface area contributed by atoms with Crippen LogP contribution in [-0.4, -0.2) is 58.4 Å². The van der Waals surface area contributed by atoms with Gasteiger partial charge in [0.05, 0.1) is 24.1 Å². The Labute approximate surface area is 188 Å². The monoisotopic (exact) mass is 457 g/mol.